The summed E-state index contributed by atoms with van der Waals surface area (Å²) >= 11 is 0. The summed E-state index contributed by atoms with van der Waals surface area (Å²) in [5.41, 5.74) is 2.17. The third kappa shape index (κ3) is 1.35. The lowest BCUT2D eigenvalue weighted by molar-refractivity contribution is 0.0972. The van der Waals surface area contributed by atoms with Crippen molar-refractivity contribution in [2.75, 3.05) is 0 Å². The number of hydrogen-bond acceptors (Lipinski definition) is 1. The molecule has 1 nitrogen and oxygen atoms in total. The van der Waals surface area contributed by atoms with E-state index in [0.29, 0.717) is 12.2 Å². The number of Topliss-reactive ketones (excluding diaryl/α,β-unsaturated/α-hetero) is 1. The molecule has 74 valence electrons. The van der Waals surface area contributed by atoms with Gasteiger partial charge in [0, 0.05) is 12.0 Å². The lowest BCUT2D eigenvalue weighted by atomic mass is 9.88. The highest BCUT2D eigenvalue weighted by atomic mass is 16.1. The topological polar surface area (TPSA) is 17.1 Å². The molecule has 0 heterocycles. The van der Waals surface area contributed by atoms with Crippen LogP contribution in [0.3, 0.4) is 0 Å². The van der Waals surface area contributed by atoms with Gasteiger partial charge in [0.25, 0.3) is 0 Å². The third-order valence-electron chi connectivity index (χ3n) is 3.12. The van der Waals surface area contributed by atoms with Gasteiger partial charge in [0.05, 0.1) is 0 Å². The lowest BCUT2D eigenvalue weighted by Gasteiger charge is -2.15. The maximum atomic E-state index is 11.7. The Kier molecular flexibility index (Phi) is 1.84. The molecule has 2 aromatic rings. The Morgan fingerprint density at radius 2 is 1.67 bits per heavy atom. The van der Waals surface area contributed by atoms with E-state index in [4.69, 9.17) is 0 Å². The second kappa shape index (κ2) is 3.20. The van der Waals surface area contributed by atoms with Crippen LogP contribution in [-0.2, 0) is 6.42 Å². The van der Waals surface area contributed by atoms with Gasteiger partial charge < -0.3 is 0 Å². The van der Waals surface area contributed by atoms with Crippen molar-refractivity contribution in [2.24, 2.45) is 0 Å². The van der Waals surface area contributed by atoms with E-state index < -0.39 is 0 Å². The van der Waals surface area contributed by atoms with Crippen molar-refractivity contribution in [3.8, 4) is 0 Å². The second-order valence-electron chi connectivity index (χ2n) is 4.13. The van der Waals surface area contributed by atoms with Crippen LogP contribution in [-0.4, -0.2) is 5.78 Å². The summed E-state index contributed by atoms with van der Waals surface area (Å²) < 4.78 is 0. The molecule has 1 aliphatic carbocycles. The largest absolute Gasteiger partial charge is 0.294 e. The minimum atomic E-state index is 0.307. The summed E-state index contributed by atoms with van der Waals surface area (Å²) in [5, 5.41) is 2.41. The molecule has 0 spiro atoms. The molecule has 0 aromatic heterocycles. The molecule has 0 unspecified atom stereocenters. The Morgan fingerprint density at radius 1 is 0.933 bits per heavy atom. The van der Waals surface area contributed by atoms with Crippen LogP contribution in [0.5, 0.6) is 0 Å². The average molecular weight is 196 g/mol. The van der Waals surface area contributed by atoms with Gasteiger partial charge in [-0.3, -0.25) is 4.79 Å². The van der Waals surface area contributed by atoms with Gasteiger partial charge in [0.15, 0.2) is 5.78 Å². The highest BCUT2D eigenvalue weighted by Crippen LogP contribution is 2.26. The van der Waals surface area contributed by atoms with Crippen LogP contribution in [0.2, 0.25) is 0 Å². The SMILES string of the molecule is O=C1CCCc2cc3ccccc3cc21. The molecule has 0 amide bonds. The second-order valence-corrected chi connectivity index (χ2v) is 4.13. The van der Waals surface area contributed by atoms with Crippen molar-refractivity contribution in [3.05, 3.63) is 47.5 Å². The van der Waals surface area contributed by atoms with Crippen LogP contribution < -0.4 is 0 Å². The van der Waals surface area contributed by atoms with Gasteiger partial charge in [-0.25, -0.2) is 0 Å². The smallest absolute Gasteiger partial charge is 0.163 e. The van der Waals surface area contributed by atoms with Crippen LogP contribution in [0, 0.1) is 0 Å². The van der Waals surface area contributed by atoms with Gasteiger partial charge in [0.2, 0.25) is 0 Å². The Balaban J connectivity index is 2.32. The number of hydrogen-bond donors (Lipinski definition) is 0. The van der Waals surface area contributed by atoms with Crippen LogP contribution in [0.15, 0.2) is 36.4 Å². The Morgan fingerprint density at radius 3 is 2.47 bits per heavy atom. The lowest BCUT2D eigenvalue weighted by Crippen LogP contribution is -2.10. The molecule has 0 fully saturated rings. The van der Waals surface area contributed by atoms with Gasteiger partial charge in [0.1, 0.15) is 0 Å². The monoisotopic (exact) mass is 196 g/mol. The summed E-state index contributed by atoms with van der Waals surface area (Å²) in [5.74, 6) is 0.307. The Bertz CT molecular complexity index is 540. The quantitative estimate of drug-likeness (QED) is 0.631. The van der Waals surface area contributed by atoms with Gasteiger partial charge >= 0.3 is 0 Å². The van der Waals surface area contributed by atoms with E-state index in [2.05, 4.69) is 18.2 Å². The fourth-order valence-corrected chi connectivity index (χ4v) is 2.33. The fourth-order valence-electron chi connectivity index (χ4n) is 2.33. The van der Waals surface area contributed by atoms with Gasteiger partial charge in [-0.2, -0.15) is 0 Å². The van der Waals surface area contributed by atoms with Gasteiger partial charge in [-0.15, -0.1) is 0 Å². The molecule has 0 atom stereocenters. The van der Waals surface area contributed by atoms with Crippen molar-refractivity contribution >= 4 is 16.6 Å². The molecule has 0 N–H and O–H groups in total. The highest BCUT2D eigenvalue weighted by Gasteiger charge is 2.17. The normalized spacial score (nSPS) is 15.3. The first kappa shape index (κ1) is 8.66. The maximum absolute atomic E-state index is 11.7. The van der Waals surface area contributed by atoms with Crippen molar-refractivity contribution in [3.63, 3.8) is 0 Å². The van der Waals surface area contributed by atoms with Crippen LogP contribution in [0.25, 0.3) is 10.8 Å². The molecular weight excluding hydrogens is 184 g/mol. The minimum absolute atomic E-state index is 0.307. The summed E-state index contributed by atoms with van der Waals surface area (Å²) in [6.45, 7) is 0. The average Bonchev–Trinajstić information content (AvgIpc) is 2.27. The van der Waals surface area contributed by atoms with Gasteiger partial charge in [-0.05, 0) is 35.2 Å². The number of carbonyl (C=O) groups excluding carboxylic acids is 1. The summed E-state index contributed by atoms with van der Waals surface area (Å²) in [6, 6.07) is 12.4. The minimum Gasteiger partial charge on any atom is -0.294 e. The molecule has 0 saturated heterocycles. The molecule has 3 rings (SSSR count). The Hall–Kier alpha value is -1.63. The van der Waals surface area contributed by atoms with Crippen molar-refractivity contribution < 1.29 is 4.79 Å². The van der Waals surface area contributed by atoms with Crippen molar-refractivity contribution in [1.82, 2.24) is 0 Å². The molecular formula is C14H12O. The summed E-state index contributed by atoms with van der Waals surface area (Å²) in [4.78, 5) is 11.7. The van der Waals surface area contributed by atoms with E-state index in [1.54, 1.807) is 0 Å². The summed E-state index contributed by atoms with van der Waals surface area (Å²) in [7, 11) is 0. The molecule has 15 heavy (non-hydrogen) atoms. The predicted molar refractivity (Wildman–Crippen MR) is 61.2 cm³/mol. The zero-order chi connectivity index (χ0) is 10.3. The van der Waals surface area contributed by atoms with E-state index in [9.17, 15) is 4.79 Å². The van der Waals surface area contributed by atoms with E-state index >= 15 is 0 Å². The standard InChI is InChI=1S/C14H12O/c15-14-7-3-6-12-8-10-4-1-2-5-11(10)9-13(12)14/h1-2,4-5,8-9H,3,6-7H2. The molecule has 2 aromatic carbocycles. The molecule has 1 heteroatoms. The number of ketones is 1. The first-order valence-corrected chi connectivity index (χ1v) is 5.39. The van der Waals surface area contributed by atoms with Crippen LogP contribution in [0.1, 0.15) is 28.8 Å². The third-order valence-corrected chi connectivity index (χ3v) is 3.12. The first-order chi connectivity index (χ1) is 7.34. The number of fused-ring (bicyclic) bond motifs is 2. The zero-order valence-electron chi connectivity index (χ0n) is 8.49. The fraction of sp³-hybridized carbons (Fsp3) is 0.214. The highest BCUT2D eigenvalue weighted by molar-refractivity contribution is 6.02. The van der Waals surface area contributed by atoms with E-state index in [-0.39, 0.29) is 0 Å². The van der Waals surface area contributed by atoms with Gasteiger partial charge in [-0.1, -0.05) is 30.3 Å². The van der Waals surface area contributed by atoms with Crippen LogP contribution in [0.4, 0.5) is 0 Å². The van der Waals surface area contributed by atoms with E-state index in [1.807, 2.05) is 18.2 Å². The number of benzene rings is 2. The maximum Gasteiger partial charge on any atom is 0.163 e. The molecule has 0 bridgehead atoms. The van der Waals surface area contributed by atoms with Crippen LogP contribution >= 0.6 is 0 Å². The first-order valence-electron chi connectivity index (χ1n) is 5.39. The Labute approximate surface area is 88.7 Å². The molecule has 0 saturated carbocycles. The molecule has 1 aliphatic rings. The van der Waals surface area contributed by atoms with E-state index in [0.717, 1.165) is 18.4 Å². The van der Waals surface area contributed by atoms with Crippen molar-refractivity contribution in [1.29, 1.82) is 0 Å². The number of carbonyl (C=O) groups is 1. The summed E-state index contributed by atoms with van der Waals surface area (Å²) in [6.07, 6.45) is 2.77. The molecule has 0 radical (unpaired) electrons. The van der Waals surface area contributed by atoms with Crippen molar-refractivity contribution in [2.45, 2.75) is 19.3 Å². The zero-order valence-corrected chi connectivity index (χ0v) is 8.49. The number of rotatable bonds is 0. The van der Waals surface area contributed by atoms with E-state index in [1.165, 1.54) is 16.3 Å². The number of aryl methyl sites for hydroxylation is 1. The molecule has 0 aliphatic heterocycles. The predicted octanol–water partition coefficient (Wildman–Crippen LogP) is 3.36.